The summed E-state index contributed by atoms with van der Waals surface area (Å²) in [5.41, 5.74) is 0.480. The highest BCUT2D eigenvalue weighted by molar-refractivity contribution is 9.10. The van der Waals surface area contributed by atoms with Crippen LogP contribution in [0.5, 0.6) is 0 Å². The maximum atomic E-state index is 11.6. The van der Waals surface area contributed by atoms with E-state index in [4.69, 9.17) is 14.2 Å². The maximum absolute atomic E-state index is 11.6. The molecule has 0 aliphatic heterocycles. The van der Waals surface area contributed by atoms with Gasteiger partial charge in [-0.15, -0.1) is 0 Å². The van der Waals surface area contributed by atoms with E-state index >= 15 is 0 Å². The third kappa shape index (κ3) is 3.59. The molecule has 1 aromatic carbocycles. The predicted molar refractivity (Wildman–Crippen MR) is 62.2 cm³/mol. The molecule has 0 unspecified atom stereocenters. The highest BCUT2D eigenvalue weighted by Crippen LogP contribution is 2.16. The summed E-state index contributed by atoms with van der Waals surface area (Å²) in [6, 6.07) is 7.06. The minimum atomic E-state index is -0.536. The largest absolute Gasteiger partial charge is 0.457 e. The van der Waals surface area contributed by atoms with Crippen LogP contribution in [0.25, 0.3) is 0 Å². The van der Waals surface area contributed by atoms with Crippen molar-refractivity contribution in [2.45, 2.75) is 6.29 Å². The van der Waals surface area contributed by atoms with Crippen LogP contribution in [-0.4, -0.2) is 33.1 Å². The summed E-state index contributed by atoms with van der Waals surface area (Å²) < 4.78 is 15.5. The monoisotopic (exact) mass is 288 g/mol. The average Bonchev–Trinajstić information content (AvgIpc) is 2.30. The lowest BCUT2D eigenvalue weighted by Gasteiger charge is -2.13. The molecular formula is C11H13BrO4. The van der Waals surface area contributed by atoms with Gasteiger partial charge in [0.15, 0.2) is 6.29 Å². The van der Waals surface area contributed by atoms with Crippen LogP contribution in [0.15, 0.2) is 28.7 Å². The van der Waals surface area contributed by atoms with Crippen molar-refractivity contribution in [3.05, 3.63) is 34.3 Å². The molecule has 4 nitrogen and oxygen atoms in total. The second-order valence-corrected chi connectivity index (χ2v) is 3.83. The standard InChI is InChI=1S/C11H13BrO4/c1-14-10(15-2)7-16-11(13)8-5-3-4-6-9(8)12/h3-6,10H,7H2,1-2H3. The van der Waals surface area contributed by atoms with Crippen molar-refractivity contribution in [3.8, 4) is 0 Å². The molecule has 0 N–H and O–H groups in total. The molecule has 0 fully saturated rings. The van der Waals surface area contributed by atoms with Crippen molar-refractivity contribution >= 4 is 21.9 Å². The van der Waals surface area contributed by atoms with Crippen LogP contribution in [-0.2, 0) is 14.2 Å². The van der Waals surface area contributed by atoms with Gasteiger partial charge in [0.25, 0.3) is 0 Å². The predicted octanol–water partition coefficient (Wildman–Crippen LogP) is 2.22. The molecule has 0 aromatic heterocycles. The Bertz CT molecular complexity index is 350. The van der Waals surface area contributed by atoms with Crippen molar-refractivity contribution in [3.63, 3.8) is 0 Å². The van der Waals surface area contributed by atoms with Crippen LogP contribution >= 0.6 is 15.9 Å². The Morgan fingerprint density at radius 1 is 1.31 bits per heavy atom. The second-order valence-electron chi connectivity index (χ2n) is 2.98. The second kappa shape index (κ2) is 6.62. The summed E-state index contributed by atoms with van der Waals surface area (Å²) in [5.74, 6) is -0.411. The van der Waals surface area contributed by atoms with Crippen molar-refractivity contribution in [2.75, 3.05) is 20.8 Å². The van der Waals surface area contributed by atoms with Gasteiger partial charge in [-0.3, -0.25) is 0 Å². The molecule has 1 rings (SSSR count). The lowest BCUT2D eigenvalue weighted by Crippen LogP contribution is -2.22. The Balaban J connectivity index is 2.56. The van der Waals surface area contributed by atoms with E-state index < -0.39 is 12.3 Å². The van der Waals surface area contributed by atoms with Crippen molar-refractivity contribution in [1.82, 2.24) is 0 Å². The van der Waals surface area contributed by atoms with Gasteiger partial charge in [-0.1, -0.05) is 12.1 Å². The molecule has 1 aromatic rings. The van der Waals surface area contributed by atoms with Gasteiger partial charge in [0, 0.05) is 18.7 Å². The van der Waals surface area contributed by atoms with Gasteiger partial charge in [0.1, 0.15) is 6.61 Å². The lowest BCUT2D eigenvalue weighted by atomic mass is 10.2. The van der Waals surface area contributed by atoms with E-state index in [0.29, 0.717) is 10.0 Å². The fourth-order valence-electron chi connectivity index (χ4n) is 1.08. The first kappa shape index (κ1) is 13.2. The molecule has 0 spiro atoms. The number of benzene rings is 1. The first-order chi connectivity index (χ1) is 7.69. The Labute approximate surface area is 103 Å². The highest BCUT2D eigenvalue weighted by atomic mass is 79.9. The molecule has 88 valence electrons. The van der Waals surface area contributed by atoms with Crippen LogP contribution in [0.3, 0.4) is 0 Å². The molecular weight excluding hydrogens is 276 g/mol. The molecule has 0 atom stereocenters. The van der Waals surface area contributed by atoms with E-state index in [0.717, 1.165) is 0 Å². The summed E-state index contributed by atoms with van der Waals surface area (Å²) in [6.45, 7) is 0.0627. The molecule has 0 heterocycles. The SMILES string of the molecule is COC(COC(=O)c1ccccc1Br)OC. The number of esters is 1. The van der Waals surface area contributed by atoms with Crippen LogP contribution in [0.2, 0.25) is 0 Å². The van der Waals surface area contributed by atoms with Gasteiger partial charge in [-0.25, -0.2) is 4.79 Å². The summed E-state index contributed by atoms with van der Waals surface area (Å²) in [7, 11) is 2.97. The minimum Gasteiger partial charge on any atom is -0.457 e. The Kier molecular flexibility index (Phi) is 5.45. The van der Waals surface area contributed by atoms with Gasteiger partial charge in [-0.2, -0.15) is 0 Å². The van der Waals surface area contributed by atoms with Gasteiger partial charge >= 0.3 is 5.97 Å². The molecule has 16 heavy (non-hydrogen) atoms. The van der Waals surface area contributed by atoms with Crippen molar-refractivity contribution in [1.29, 1.82) is 0 Å². The Morgan fingerprint density at radius 2 is 1.94 bits per heavy atom. The maximum Gasteiger partial charge on any atom is 0.339 e. The lowest BCUT2D eigenvalue weighted by molar-refractivity contribution is -0.129. The molecule has 5 heteroatoms. The summed E-state index contributed by atoms with van der Waals surface area (Å²) in [6.07, 6.45) is -0.536. The quantitative estimate of drug-likeness (QED) is 0.616. The van der Waals surface area contributed by atoms with Crippen molar-refractivity contribution in [2.24, 2.45) is 0 Å². The number of rotatable bonds is 5. The summed E-state index contributed by atoms with van der Waals surface area (Å²) in [5, 5.41) is 0. The topological polar surface area (TPSA) is 44.8 Å². The van der Waals surface area contributed by atoms with Gasteiger partial charge in [0.05, 0.1) is 5.56 Å². The van der Waals surface area contributed by atoms with Crippen LogP contribution < -0.4 is 0 Å². The number of carbonyl (C=O) groups excluding carboxylic acids is 1. The molecule has 0 bridgehead atoms. The van der Waals surface area contributed by atoms with Gasteiger partial charge in [-0.05, 0) is 28.1 Å². The zero-order valence-electron chi connectivity index (χ0n) is 9.10. The Morgan fingerprint density at radius 3 is 2.50 bits per heavy atom. The molecule has 0 radical (unpaired) electrons. The van der Waals surface area contributed by atoms with Crippen LogP contribution in [0.1, 0.15) is 10.4 Å². The first-order valence-corrected chi connectivity index (χ1v) is 5.45. The fraction of sp³-hybridized carbons (Fsp3) is 0.364. The molecule has 0 aliphatic carbocycles. The van der Waals surface area contributed by atoms with E-state index in [1.54, 1.807) is 18.2 Å². The first-order valence-electron chi connectivity index (χ1n) is 4.66. The number of ether oxygens (including phenoxy) is 3. The van der Waals surface area contributed by atoms with Crippen LogP contribution in [0, 0.1) is 0 Å². The van der Waals surface area contributed by atoms with Crippen LogP contribution in [0.4, 0.5) is 0 Å². The van der Waals surface area contributed by atoms with Gasteiger partial charge < -0.3 is 14.2 Å². The fourth-order valence-corrected chi connectivity index (χ4v) is 1.53. The average molecular weight is 289 g/mol. The zero-order valence-corrected chi connectivity index (χ0v) is 10.7. The molecule has 0 aliphatic rings. The van der Waals surface area contributed by atoms with E-state index in [-0.39, 0.29) is 6.61 Å². The van der Waals surface area contributed by atoms with E-state index in [9.17, 15) is 4.79 Å². The normalized spacial score (nSPS) is 10.5. The van der Waals surface area contributed by atoms with E-state index in [2.05, 4.69) is 15.9 Å². The van der Waals surface area contributed by atoms with E-state index in [1.807, 2.05) is 6.07 Å². The molecule has 0 saturated carbocycles. The number of carbonyl (C=O) groups is 1. The van der Waals surface area contributed by atoms with E-state index in [1.165, 1.54) is 14.2 Å². The summed E-state index contributed by atoms with van der Waals surface area (Å²) in [4.78, 5) is 11.6. The number of hydrogen-bond acceptors (Lipinski definition) is 4. The number of methoxy groups -OCH3 is 2. The molecule has 0 saturated heterocycles. The number of hydrogen-bond donors (Lipinski definition) is 0. The third-order valence-electron chi connectivity index (χ3n) is 1.97. The smallest absolute Gasteiger partial charge is 0.339 e. The van der Waals surface area contributed by atoms with Crippen molar-refractivity contribution < 1.29 is 19.0 Å². The number of halogens is 1. The molecule has 0 amide bonds. The zero-order chi connectivity index (χ0) is 12.0. The summed E-state index contributed by atoms with van der Waals surface area (Å²) >= 11 is 3.27. The third-order valence-corrected chi connectivity index (χ3v) is 2.66. The highest BCUT2D eigenvalue weighted by Gasteiger charge is 2.13. The van der Waals surface area contributed by atoms with Gasteiger partial charge in [0.2, 0.25) is 0 Å². The Hall–Kier alpha value is -0.910. The minimum absolute atomic E-state index is 0.0627.